The largest absolute Gasteiger partial charge is 0.490 e. The fourth-order valence-electron chi connectivity index (χ4n) is 3.69. The minimum atomic E-state index is -0.232. The minimum Gasteiger partial charge on any atom is -0.490 e. The third-order valence-electron chi connectivity index (χ3n) is 4.63. The summed E-state index contributed by atoms with van der Waals surface area (Å²) in [5, 5.41) is 3.10. The Bertz CT molecular complexity index is 570. The number of carbonyl (C=O) groups excluding carboxylic acids is 1. The maximum absolute atomic E-state index is 14.0. The normalized spacial score (nSPS) is 20.6. The summed E-state index contributed by atoms with van der Waals surface area (Å²) in [5.41, 5.74) is 3.36. The fraction of sp³-hybridized carbons (Fsp3) is 0.588. The van der Waals surface area contributed by atoms with E-state index in [2.05, 4.69) is 12.2 Å². The van der Waals surface area contributed by atoms with Gasteiger partial charge in [0, 0.05) is 30.4 Å². The summed E-state index contributed by atoms with van der Waals surface area (Å²) in [5.74, 6) is 0.586. The molecule has 0 radical (unpaired) electrons. The van der Waals surface area contributed by atoms with E-state index in [0.29, 0.717) is 18.8 Å². The number of nitrogens with one attached hydrogen (secondary N) is 1. The van der Waals surface area contributed by atoms with Crippen molar-refractivity contribution in [3.05, 3.63) is 28.6 Å². The summed E-state index contributed by atoms with van der Waals surface area (Å²) in [6, 6.07) is 1.71. The van der Waals surface area contributed by atoms with Crippen molar-refractivity contribution in [2.24, 2.45) is 0 Å². The summed E-state index contributed by atoms with van der Waals surface area (Å²) in [6.07, 6.45) is 4.06. The quantitative estimate of drug-likeness (QED) is 0.925. The Labute approximate surface area is 124 Å². The first kappa shape index (κ1) is 14.4. The number of benzene rings is 1. The Morgan fingerprint density at radius 2 is 2.33 bits per heavy atom. The highest BCUT2D eigenvalue weighted by Crippen LogP contribution is 2.44. The van der Waals surface area contributed by atoms with Gasteiger partial charge in [-0.25, -0.2) is 4.39 Å². The molecule has 1 heterocycles. The van der Waals surface area contributed by atoms with Crippen LogP contribution in [0.25, 0.3) is 0 Å². The molecule has 2 atom stereocenters. The molecule has 2 aliphatic rings. The van der Waals surface area contributed by atoms with E-state index in [0.717, 1.165) is 36.8 Å². The molecule has 114 valence electrons. The number of amides is 1. The van der Waals surface area contributed by atoms with Crippen LogP contribution in [-0.2, 0) is 17.6 Å². The van der Waals surface area contributed by atoms with Crippen molar-refractivity contribution in [3.63, 3.8) is 0 Å². The summed E-state index contributed by atoms with van der Waals surface area (Å²) in [7, 11) is 0. The van der Waals surface area contributed by atoms with Gasteiger partial charge < -0.3 is 10.1 Å². The molecule has 0 spiro atoms. The fourth-order valence-corrected chi connectivity index (χ4v) is 3.69. The van der Waals surface area contributed by atoms with Gasteiger partial charge >= 0.3 is 0 Å². The molecule has 1 aromatic rings. The molecule has 21 heavy (non-hydrogen) atoms. The molecule has 0 aromatic heterocycles. The molecule has 3 rings (SSSR count). The molecule has 1 aliphatic heterocycles. The average Bonchev–Trinajstić information content (AvgIpc) is 3.04. The molecule has 1 amide bonds. The molecule has 0 saturated carbocycles. The van der Waals surface area contributed by atoms with Gasteiger partial charge in [0.1, 0.15) is 0 Å². The summed E-state index contributed by atoms with van der Waals surface area (Å²) < 4.78 is 19.4. The second-order valence-electron chi connectivity index (χ2n) is 6.09. The van der Waals surface area contributed by atoms with E-state index in [-0.39, 0.29) is 23.7 Å². The van der Waals surface area contributed by atoms with Crippen molar-refractivity contribution >= 4 is 5.91 Å². The first-order chi connectivity index (χ1) is 10.1. The highest BCUT2D eigenvalue weighted by Gasteiger charge is 2.34. The van der Waals surface area contributed by atoms with Gasteiger partial charge in [-0.2, -0.15) is 0 Å². The van der Waals surface area contributed by atoms with E-state index in [1.807, 2.05) is 6.92 Å². The van der Waals surface area contributed by atoms with E-state index in [1.54, 1.807) is 6.07 Å². The van der Waals surface area contributed by atoms with Gasteiger partial charge in [-0.1, -0.05) is 6.92 Å². The highest BCUT2D eigenvalue weighted by atomic mass is 19.1. The zero-order valence-corrected chi connectivity index (χ0v) is 12.7. The van der Waals surface area contributed by atoms with Crippen molar-refractivity contribution < 1.29 is 13.9 Å². The van der Waals surface area contributed by atoms with Crippen LogP contribution < -0.4 is 10.1 Å². The van der Waals surface area contributed by atoms with Crippen molar-refractivity contribution in [3.8, 4) is 5.75 Å². The van der Waals surface area contributed by atoms with Crippen LogP contribution in [0.2, 0.25) is 0 Å². The van der Waals surface area contributed by atoms with Crippen LogP contribution in [0.4, 0.5) is 4.39 Å². The molecule has 2 unspecified atom stereocenters. The molecular formula is C17H22FNO2. The molecule has 0 fully saturated rings. The second-order valence-corrected chi connectivity index (χ2v) is 6.09. The van der Waals surface area contributed by atoms with Crippen LogP contribution in [0.15, 0.2) is 6.07 Å². The Morgan fingerprint density at radius 1 is 1.52 bits per heavy atom. The third-order valence-corrected chi connectivity index (χ3v) is 4.63. The lowest BCUT2D eigenvalue weighted by molar-refractivity contribution is -0.121. The Balaban J connectivity index is 1.87. The van der Waals surface area contributed by atoms with E-state index >= 15 is 0 Å². The van der Waals surface area contributed by atoms with Gasteiger partial charge in [-0.3, -0.25) is 4.79 Å². The van der Waals surface area contributed by atoms with Crippen molar-refractivity contribution in [2.45, 2.75) is 57.9 Å². The van der Waals surface area contributed by atoms with Gasteiger partial charge in [0.25, 0.3) is 0 Å². The summed E-state index contributed by atoms with van der Waals surface area (Å²) >= 11 is 0. The number of halogens is 1. The molecule has 1 N–H and O–H groups in total. The van der Waals surface area contributed by atoms with Crippen LogP contribution in [-0.4, -0.2) is 18.6 Å². The first-order valence-electron chi connectivity index (χ1n) is 7.88. The number of carbonyl (C=O) groups is 1. The predicted octanol–water partition coefficient (Wildman–Crippen LogP) is 3.10. The predicted molar refractivity (Wildman–Crippen MR) is 79.2 cm³/mol. The number of aryl methyl sites for hydroxylation is 1. The average molecular weight is 291 g/mol. The molecule has 1 aromatic carbocycles. The van der Waals surface area contributed by atoms with Crippen LogP contribution in [0, 0.1) is 5.82 Å². The lowest BCUT2D eigenvalue weighted by Crippen LogP contribution is -2.36. The Hall–Kier alpha value is -1.58. The van der Waals surface area contributed by atoms with Gasteiger partial charge in [-0.15, -0.1) is 0 Å². The lowest BCUT2D eigenvalue weighted by atomic mass is 9.89. The zero-order chi connectivity index (χ0) is 15.0. The van der Waals surface area contributed by atoms with Crippen LogP contribution >= 0.6 is 0 Å². The number of fused-ring (bicyclic) bond motifs is 3. The monoisotopic (exact) mass is 291 g/mol. The van der Waals surface area contributed by atoms with E-state index in [4.69, 9.17) is 4.74 Å². The van der Waals surface area contributed by atoms with E-state index in [9.17, 15) is 9.18 Å². The van der Waals surface area contributed by atoms with Crippen LogP contribution in [0.5, 0.6) is 5.75 Å². The highest BCUT2D eigenvalue weighted by molar-refractivity contribution is 5.76. The Kier molecular flexibility index (Phi) is 3.87. The van der Waals surface area contributed by atoms with Gasteiger partial charge in [0.15, 0.2) is 11.6 Å². The first-order valence-corrected chi connectivity index (χ1v) is 7.88. The van der Waals surface area contributed by atoms with E-state index in [1.165, 1.54) is 5.56 Å². The van der Waals surface area contributed by atoms with Crippen LogP contribution in [0.3, 0.4) is 0 Å². The topological polar surface area (TPSA) is 38.3 Å². The van der Waals surface area contributed by atoms with Gasteiger partial charge in [-0.05, 0) is 43.4 Å². The molecule has 3 nitrogen and oxygen atoms in total. The molecule has 1 aliphatic carbocycles. The van der Waals surface area contributed by atoms with Gasteiger partial charge in [0.2, 0.25) is 5.91 Å². The molecule has 0 saturated heterocycles. The zero-order valence-electron chi connectivity index (χ0n) is 12.7. The maximum atomic E-state index is 14.0. The Morgan fingerprint density at radius 3 is 3.10 bits per heavy atom. The SMILES string of the molecule is CCCC(=O)NC(C)C1CCc2cc(F)c3c(c21)CCO3. The second kappa shape index (κ2) is 5.66. The lowest BCUT2D eigenvalue weighted by Gasteiger charge is -2.23. The number of rotatable bonds is 4. The smallest absolute Gasteiger partial charge is 0.220 e. The van der Waals surface area contributed by atoms with Crippen molar-refractivity contribution in [2.75, 3.05) is 6.61 Å². The standard InChI is InChI=1S/C17H22FNO2/c1-3-4-15(20)19-10(2)12-6-5-11-9-14(18)17-13(16(11)12)7-8-21-17/h9-10,12H,3-8H2,1-2H3,(H,19,20). The third kappa shape index (κ3) is 2.52. The van der Waals surface area contributed by atoms with E-state index < -0.39 is 0 Å². The number of hydrogen-bond acceptors (Lipinski definition) is 2. The van der Waals surface area contributed by atoms with Crippen molar-refractivity contribution in [1.82, 2.24) is 5.32 Å². The summed E-state index contributed by atoms with van der Waals surface area (Å²) in [6.45, 7) is 4.62. The number of ether oxygens (including phenoxy) is 1. The number of hydrogen-bond donors (Lipinski definition) is 1. The van der Waals surface area contributed by atoms with Crippen LogP contribution in [0.1, 0.15) is 55.7 Å². The molecule has 4 heteroatoms. The van der Waals surface area contributed by atoms with Gasteiger partial charge in [0.05, 0.1) is 6.61 Å². The molecule has 0 bridgehead atoms. The van der Waals surface area contributed by atoms with Crippen molar-refractivity contribution in [1.29, 1.82) is 0 Å². The minimum absolute atomic E-state index is 0.0838. The molecular weight excluding hydrogens is 269 g/mol. The summed E-state index contributed by atoms with van der Waals surface area (Å²) in [4.78, 5) is 11.8. The maximum Gasteiger partial charge on any atom is 0.220 e.